The lowest BCUT2D eigenvalue weighted by Crippen LogP contribution is -2.38. The second-order valence-electron chi connectivity index (χ2n) is 8.37. The maximum atomic E-state index is 13.7. The molecule has 1 saturated heterocycles. The van der Waals surface area contributed by atoms with Crippen LogP contribution in [0.2, 0.25) is 0 Å². The molecule has 2 N–H and O–H groups in total. The fourth-order valence-corrected chi connectivity index (χ4v) is 4.74. The smallest absolute Gasteiger partial charge is 0.410 e. The van der Waals surface area contributed by atoms with Crippen LogP contribution in [0.3, 0.4) is 0 Å². The summed E-state index contributed by atoms with van der Waals surface area (Å²) in [5, 5.41) is 17.2. The van der Waals surface area contributed by atoms with Gasteiger partial charge in [-0.1, -0.05) is 13.0 Å². The van der Waals surface area contributed by atoms with Crippen LogP contribution in [0, 0.1) is 0 Å². The highest BCUT2D eigenvalue weighted by Crippen LogP contribution is 2.42. The second-order valence-corrected chi connectivity index (χ2v) is 8.37. The Balaban J connectivity index is 1.58. The lowest BCUT2D eigenvalue weighted by Gasteiger charge is -2.32. The third-order valence-electron chi connectivity index (χ3n) is 6.39. The Kier molecular flexibility index (Phi) is 6.16. The van der Waals surface area contributed by atoms with Gasteiger partial charge in [-0.25, -0.2) is 4.68 Å². The van der Waals surface area contributed by atoms with Gasteiger partial charge in [0.05, 0.1) is 25.5 Å². The van der Waals surface area contributed by atoms with Gasteiger partial charge in [0, 0.05) is 24.2 Å². The highest BCUT2D eigenvalue weighted by Gasteiger charge is 2.46. The summed E-state index contributed by atoms with van der Waals surface area (Å²) in [6.45, 7) is 3.27. The van der Waals surface area contributed by atoms with E-state index in [0.717, 1.165) is 35.2 Å². The minimum Gasteiger partial charge on any atom is -0.496 e. The van der Waals surface area contributed by atoms with Crippen molar-refractivity contribution in [2.24, 2.45) is 0 Å². The number of alkyl halides is 3. The van der Waals surface area contributed by atoms with E-state index in [0.29, 0.717) is 30.2 Å². The number of ether oxygens (including phenoxy) is 1. The molecule has 1 fully saturated rings. The normalized spacial score (nSPS) is 24.1. The van der Waals surface area contributed by atoms with Crippen molar-refractivity contribution in [2.45, 2.75) is 70.1 Å². The molecule has 2 aromatic rings. The van der Waals surface area contributed by atoms with Gasteiger partial charge in [-0.05, 0) is 49.9 Å². The molecule has 170 valence electrons. The van der Waals surface area contributed by atoms with E-state index in [-0.39, 0.29) is 25.1 Å². The van der Waals surface area contributed by atoms with Gasteiger partial charge in [-0.15, -0.1) is 0 Å². The number of anilines is 1. The molecule has 0 bridgehead atoms. The molecule has 9 heteroatoms. The number of nitrogens with one attached hydrogen (secondary N) is 1. The van der Waals surface area contributed by atoms with Crippen LogP contribution < -0.4 is 10.1 Å². The molecule has 31 heavy (non-hydrogen) atoms. The van der Waals surface area contributed by atoms with Crippen LogP contribution in [0.4, 0.5) is 19.0 Å². The third kappa shape index (κ3) is 4.39. The number of rotatable bonds is 6. The number of aliphatic hydroxyl groups is 1. The zero-order valence-electron chi connectivity index (χ0n) is 17.8. The first kappa shape index (κ1) is 22.0. The van der Waals surface area contributed by atoms with Crippen molar-refractivity contribution in [1.82, 2.24) is 14.7 Å². The van der Waals surface area contributed by atoms with Crippen LogP contribution in [0.1, 0.15) is 61.5 Å². The van der Waals surface area contributed by atoms with E-state index in [9.17, 15) is 18.3 Å². The predicted octanol–water partition coefficient (Wildman–Crippen LogP) is 4.42. The summed E-state index contributed by atoms with van der Waals surface area (Å²) in [5.74, 6) is 1.09. The number of hydrogen-bond acceptors (Lipinski definition) is 5. The summed E-state index contributed by atoms with van der Waals surface area (Å²) in [7, 11) is 1.57. The van der Waals surface area contributed by atoms with E-state index >= 15 is 0 Å². The first-order chi connectivity index (χ1) is 14.8. The minimum atomic E-state index is -4.33. The maximum Gasteiger partial charge on any atom is 0.410 e. The quantitative estimate of drug-likeness (QED) is 0.699. The van der Waals surface area contributed by atoms with Crippen molar-refractivity contribution in [1.29, 1.82) is 0 Å². The van der Waals surface area contributed by atoms with Gasteiger partial charge in [0.15, 0.2) is 6.04 Å². The lowest BCUT2D eigenvalue weighted by atomic mass is 10.0. The van der Waals surface area contributed by atoms with Gasteiger partial charge < -0.3 is 15.2 Å². The Hall–Kier alpha value is -2.26. The Bertz CT molecular complexity index is 915. The largest absolute Gasteiger partial charge is 0.496 e. The van der Waals surface area contributed by atoms with Gasteiger partial charge in [0.2, 0.25) is 0 Å². The highest BCUT2D eigenvalue weighted by atomic mass is 19.4. The van der Waals surface area contributed by atoms with Gasteiger partial charge in [0.25, 0.3) is 0 Å². The molecule has 2 aliphatic rings. The van der Waals surface area contributed by atoms with Crippen LogP contribution >= 0.6 is 0 Å². The molecule has 3 atom stereocenters. The molecule has 0 amide bonds. The number of nitrogens with zero attached hydrogens (tertiary/aromatic N) is 3. The highest BCUT2D eigenvalue weighted by molar-refractivity contribution is 5.42. The molecule has 0 spiro atoms. The van der Waals surface area contributed by atoms with E-state index < -0.39 is 12.2 Å². The molecular formula is C22H29F3N4O2. The number of halogens is 3. The number of methoxy groups -OCH3 is 1. The molecule has 2 aliphatic heterocycles. The van der Waals surface area contributed by atoms with E-state index in [1.165, 1.54) is 0 Å². The Morgan fingerprint density at radius 3 is 2.77 bits per heavy atom. The van der Waals surface area contributed by atoms with Crippen molar-refractivity contribution >= 4 is 5.82 Å². The lowest BCUT2D eigenvalue weighted by molar-refractivity contribution is -0.173. The average molecular weight is 438 g/mol. The number of hydrogen-bond donors (Lipinski definition) is 2. The third-order valence-corrected chi connectivity index (χ3v) is 6.39. The zero-order valence-corrected chi connectivity index (χ0v) is 17.8. The van der Waals surface area contributed by atoms with E-state index in [1.54, 1.807) is 13.2 Å². The molecule has 0 unspecified atom stereocenters. The van der Waals surface area contributed by atoms with Crippen molar-refractivity contribution in [3.05, 3.63) is 41.1 Å². The number of aromatic nitrogens is 2. The molecule has 1 aromatic carbocycles. The predicted molar refractivity (Wildman–Crippen MR) is 111 cm³/mol. The van der Waals surface area contributed by atoms with Gasteiger partial charge >= 0.3 is 6.18 Å². The fourth-order valence-electron chi connectivity index (χ4n) is 4.74. The zero-order chi connectivity index (χ0) is 22.2. The van der Waals surface area contributed by atoms with E-state index in [1.807, 2.05) is 25.1 Å². The molecular weight excluding hydrogens is 409 g/mol. The van der Waals surface area contributed by atoms with E-state index in [4.69, 9.17) is 4.74 Å². The minimum absolute atomic E-state index is 0.00170. The topological polar surface area (TPSA) is 62.6 Å². The summed E-state index contributed by atoms with van der Waals surface area (Å²) in [4.78, 5) is 2.25. The molecule has 4 rings (SSSR count). The van der Waals surface area contributed by atoms with Crippen LogP contribution in [-0.4, -0.2) is 45.7 Å². The second kappa shape index (κ2) is 8.70. The molecule has 0 radical (unpaired) electrons. The van der Waals surface area contributed by atoms with Crippen molar-refractivity contribution in [3.63, 3.8) is 0 Å². The summed E-state index contributed by atoms with van der Waals surface area (Å²) >= 11 is 0. The number of likely N-dealkylation sites (tertiary alicyclic amines) is 1. The monoisotopic (exact) mass is 438 g/mol. The Morgan fingerprint density at radius 2 is 2.10 bits per heavy atom. The number of fused-ring (bicyclic) bond motifs is 1. The van der Waals surface area contributed by atoms with Gasteiger partial charge in [0.1, 0.15) is 11.6 Å². The Morgan fingerprint density at radius 1 is 1.29 bits per heavy atom. The number of aliphatic hydroxyl groups excluding tert-OH is 1. The summed E-state index contributed by atoms with van der Waals surface area (Å²) in [6.07, 6.45) is -1.88. The Labute approximate surface area is 180 Å². The van der Waals surface area contributed by atoms with Crippen LogP contribution in [0.25, 0.3) is 0 Å². The SMILES string of the molecule is CC[C@@H]1C[C@H](C(F)(F)F)n2nc([C@@H]3CCCN3Cc3ccc(OC)c(CO)c3)cc2N1. The average Bonchev–Trinajstić information content (AvgIpc) is 3.38. The summed E-state index contributed by atoms with van der Waals surface area (Å²) < 4.78 is 47.5. The molecule has 6 nitrogen and oxygen atoms in total. The van der Waals surface area contributed by atoms with Crippen molar-refractivity contribution in [2.75, 3.05) is 19.0 Å². The fraction of sp³-hybridized carbons (Fsp3) is 0.591. The molecule has 1 aromatic heterocycles. The van der Waals surface area contributed by atoms with Gasteiger partial charge in [-0.3, -0.25) is 4.90 Å². The number of benzene rings is 1. The van der Waals surface area contributed by atoms with Crippen LogP contribution in [0.5, 0.6) is 5.75 Å². The van der Waals surface area contributed by atoms with Crippen molar-refractivity contribution in [3.8, 4) is 5.75 Å². The van der Waals surface area contributed by atoms with Gasteiger partial charge in [-0.2, -0.15) is 18.3 Å². The maximum absolute atomic E-state index is 13.7. The summed E-state index contributed by atoms with van der Waals surface area (Å²) in [5.41, 5.74) is 2.43. The molecule has 0 saturated carbocycles. The standard InChI is InChI=1S/C22H29F3N4O2/c1-3-16-10-20(22(23,24)25)29-21(26-16)11-17(27-29)18-5-4-8-28(18)12-14-6-7-19(31-2)15(9-14)13-30/h6-7,9,11,16,18,20,26,30H,3-5,8,10,12-13H2,1-2H3/t16-,18+,20-/m1/s1. The van der Waals surface area contributed by atoms with Crippen LogP contribution in [-0.2, 0) is 13.2 Å². The summed E-state index contributed by atoms with van der Waals surface area (Å²) in [6, 6.07) is 5.66. The van der Waals surface area contributed by atoms with Crippen molar-refractivity contribution < 1.29 is 23.0 Å². The molecule has 3 heterocycles. The van der Waals surface area contributed by atoms with E-state index in [2.05, 4.69) is 15.3 Å². The first-order valence-electron chi connectivity index (χ1n) is 10.8. The van der Waals surface area contributed by atoms with Crippen LogP contribution in [0.15, 0.2) is 24.3 Å². The molecule has 0 aliphatic carbocycles. The first-order valence-corrected chi connectivity index (χ1v) is 10.8.